The van der Waals surface area contributed by atoms with Gasteiger partial charge in [-0.3, -0.25) is 0 Å². The van der Waals surface area contributed by atoms with Crippen LogP contribution >= 0.6 is 15.9 Å². The first kappa shape index (κ1) is 16.5. The lowest BCUT2D eigenvalue weighted by Gasteiger charge is -2.10. The van der Waals surface area contributed by atoms with Crippen LogP contribution in [0.15, 0.2) is 51.8 Å². The Bertz CT molecular complexity index is 814. The van der Waals surface area contributed by atoms with Crippen LogP contribution in [-0.4, -0.2) is 27.8 Å². The SMILES string of the molecule is COC(=O)c1cccc(Oc2ccc(S(C)(=O)=O)cc2Br)c1. The lowest BCUT2D eigenvalue weighted by atomic mass is 10.2. The molecule has 0 aromatic heterocycles. The van der Waals surface area contributed by atoms with Gasteiger partial charge in [-0.25, -0.2) is 13.2 Å². The minimum atomic E-state index is -3.28. The van der Waals surface area contributed by atoms with E-state index >= 15 is 0 Å². The number of carbonyl (C=O) groups excluding carboxylic acids is 1. The molecule has 0 unspecified atom stereocenters. The van der Waals surface area contributed by atoms with Crippen LogP contribution in [-0.2, 0) is 14.6 Å². The molecule has 0 bridgehead atoms. The Hall–Kier alpha value is -1.86. The largest absolute Gasteiger partial charge is 0.465 e. The number of sulfone groups is 1. The van der Waals surface area contributed by atoms with Crippen LogP contribution in [0, 0.1) is 0 Å². The zero-order chi connectivity index (χ0) is 16.3. The van der Waals surface area contributed by atoms with E-state index < -0.39 is 15.8 Å². The van der Waals surface area contributed by atoms with Crippen molar-refractivity contribution < 1.29 is 22.7 Å². The lowest BCUT2D eigenvalue weighted by Crippen LogP contribution is -2.01. The van der Waals surface area contributed by atoms with E-state index in [-0.39, 0.29) is 4.90 Å². The van der Waals surface area contributed by atoms with E-state index in [4.69, 9.17) is 4.74 Å². The molecule has 7 heteroatoms. The average molecular weight is 385 g/mol. The monoisotopic (exact) mass is 384 g/mol. The minimum absolute atomic E-state index is 0.190. The third kappa shape index (κ3) is 3.86. The third-order valence-corrected chi connectivity index (χ3v) is 4.54. The molecule has 0 fully saturated rings. The van der Waals surface area contributed by atoms with Crippen LogP contribution in [0.4, 0.5) is 0 Å². The molecule has 0 radical (unpaired) electrons. The van der Waals surface area contributed by atoms with E-state index in [9.17, 15) is 13.2 Å². The van der Waals surface area contributed by atoms with E-state index in [2.05, 4.69) is 20.7 Å². The molecule has 0 saturated heterocycles. The summed E-state index contributed by atoms with van der Waals surface area (Å²) in [5, 5.41) is 0. The molecule has 0 aliphatic rings. The Morgan fingerprint density at radius 3 is 2.45 bits per heavy atom. The van der Waals surface area contributed by atoms with Crippen molar-refractivity contribution in [3.05, 3.63) is 52.5 Å². The van der Waals surface area contributed by atoms with Crippen molar-refractivity contribution in [1.29, 1.82) is 0 Å². The number of esters is 1. The maximum atomic E-state index is 11.5. The van der Waals surface area contributed by atoms with Gasteiger partial charge in [-0.05, 0) is 52.3 Å². The fourth-order valence-electron chi connectivity index (χ4n) is 1.73. The van der Waals surface area contributed by atoms with Gasteiger partial charge >= 0.3 is 5.97 Å². The summed E-state index contributed by atoms with van der Waals surface area (Å²) in [5.74, 6) is 0.419. The summed E-state index contributed by atoms with van der Waals surface area (Å²) < 4.78 is 33.8. The molecule has 0 heterocycles. The number of halogens is 1. The third-order valence-electron chi connectivity index (χ3n) is 2.81. The molecule has 0 saturated carbocycles. The van der Waals surface area contributed by atoms with Crippen molar-refractivity contribution in [2.75, 3.05) is 13.4 Å². The molecule has 2 aromatic carbocycles. The van der Waals surface area contributed by atoms with Gasteiger partial charge in [0.2, 0.25) is 0 Å². The molecule has 5 nitrogen and oxygen atoms in total. The highest BCUT2D eigenvalue weighted by atomic mass is 79.9. The van der Waals surface area contributed by atoms with Crippen LogP contribution in [0.1, 0.15) is 10.4 Å². The molecule has 0 amide bonds. The number of carbonyl (C=O) groups is 1. The van der Waals surface area contributed by atoms with E-state index in [1.54, 1.807) is 30.3 Å². The van der Waals surface area contributed by atoms with Crippen molar-refractivity contribution >= 4 is 31.7 Å². The van der Waals surface area contributed by atoms with Crippen molar-refractivity contribution in [3.63, 3.8) is 0 Å². The number of rotatable bonds is 4. The molecule has 0 aliphatic heterocycles. The van der Waals surface area contributed by atoms with E-state index in [1.165, 1.54) is 19.2 Å². The molecule has 2 aromatic rings. The second-order valence-corrected chi connectivity index (χ2v) is 7.36. The minimum Gasteiger partial charge on any atom is -0.465 e. The summed E-state index contributed by atoms with van der Waals surface area (Å²) in [5.41, 5.74) is 0.365. The number of ether oxygens (including phenoxy) is 2. The number of hydrogen-bond donors (Lipinski definition) is 0. The second-order valence-electron chi connectivity index (χ2n) is 4.49. The van der Waals surface area contributed by atoms with Crippen molar-refractivity contribution in [2.45, 2.75) is 4.90 Å². The summed E-state index contributed by atoms with van der Waals surface area (Å²) in [6, 6.07) is 11.0. The Balaban J connectivity index is 2.30. The first-order chi connectivity index (χ1) is 10.3. The van der Waals surface area contributed by atoms with E-state index in [1.807, 2.05) is 0 Å². The van der Waals surface area contributed by atoms with E-state index in [0.29, 0.717) is 21.5 Å². The molecule has 0 spiro atoms. The maximum Gasteiger partial charge on any atom is 0.337 e. The predicted octanol–water partition coefficient (Wildman–Crippen LogP) is 3.43. The zero-order valence-corrected chi connectivity index (χ0v) is 14.3. The standard InChI is InChI=1S/C15H13BrO5S/c1-20-15(17)10-4-3-5-11(8-10)21-14-7-6-12(9-13(14)16)22(2,18)19/h3-9H,1-2H3. The molecule has 22 heavy (non-hydrogen) atoms. The highest BCUT2D eigenvalue weighted by molar-refractivity contribution is 9.10. The van der Waals surface area contributed by atoms with Gasteiger partial charge < -0.3 is 9.47 Å². The van der Waals surface area contributed by atoms with Crippen molar-refractivity contribution in [2.24, 2.45) is 0 Å². The van der Waals surface area contributed by atoms with Gasteiger partial charge in [0.05, 0.1) is 22.0 Å². The molecular formula is C15H13BrO5S. The molecule has 0 atom stereocenters. The summed E-state index contributed by atoms with van der Waals surface area (Å²) in [6.07, 6.45) is 1.13. The van der Waals surface area contributed by atoms with Gasteiger partial charge in [0.15, 0.2) is 9.84 Å². The van der Waals surface area contributed by atoms with Gasteiger partial charge in [-0.1, -0.05) is 6.07 Å². The maximum absolute atomic E-state index is 11.5. The number of benzene rings is 2. The van der Waals surface area contributed by atoms with Crippen LogP contribution in [0.5, 0.6) is 11.5 Å². The number of methoxy groups -OCH3 is 1. The van der Waals surface area contributed by atoms with Gasteiger partial charge in [-0.2, -0.15) is 0 Å². The van der Waals surface area contributed by atoms with Crippen LogP contribution in [0.3, 0.4) is 0 Å². The Morgan fingerprint density at radius 1 is 1.14 bits per heavy atom. The highest BCUT2D eigenvalue weighted by Gasteiger charge is 2.12. The molecule has 0 N–H and O–H groups in total. The van der Waals surface area contributed by atoms with E-state index in [0.717, 1.165) is 6.26 Å². The zero-order valence-electron chi connectivity index (χ0n) is 11.9. The van der Waals surface area contributed by atoms with Crippen LogP contribution < -0.4 is 4.74 Å². The fourth-order valence-corrected chi connectivity index (χ4v) is 2.98. The quantitative estimate of drug-likeness (QED) is 0.755. The molecule has 116 valence electrons. The first-order valence-electron chi connectivity index (χ1n) is 6.17. The first-order valence-corrected chi connectivity index (χ1v) is 8.85. The summed E-state index contributed by atoms with van der Waals surface area (Å²) >= 11 is 3.28. The topological polar surface area (TPSA) is 69.7 Å². The van der Waals surface area contributed by atoms with Gasteiger partial charge in [-0.15, -0.1) is 0 Å². The lowest BCUT2D eigenvalue weighted by molar-refractivity contribution is 0.0600. The number of hydrogen-bond acceptors (Lipinski definition) is 5. The summed E-state index contributed by atoms with van der Waals surface area (Å²) in [7, 11) is -1.98. The second kappa shape index (κ2) is 6.50. The molecule has 0 aliphatic carbocycles. The highest BCUT2D eigenvalue weighted by Crippen LogP contribution is 2.32. The fraction of sp³-hybridized carbons (Fsp3) is 0.133. The van der Waals surface area contributed by atoms with Crippen LogP contribution in [0.25, 0.3) is 0 Å². The van der Waals surface area contributed by atoms with Gasteiger partial charge in [0.1, 0.15) is 11.5 Å². The summed E-state index contributed by atoms with van der Waals surface area (Å²) in [6.45, 7) is 0. The molecule has 2 rings (SSSR count). The molecular weight excluding hydrogens is 372 g/mol. The Labute approximate surface area is 136 Å². The summed E-state index contributed by atoms with van der Waals surface area (Å²) in [4.78, 5) is 11.7. The van der Waals surface area contributed by atoms with Crippen LogP contribution in [0.2, 0.25) is 0 Å². The van der Waals surface area contributed by atoms with Gasteiger partial charge in [0.25, 0.3) is 0 Å². The van der Waals surface area contributed by atoms with Gasteiger partial charge in [0, 0.05) is 6.26 Å². The van der Waals surface area contributed by atoms with Crippen molar-refractivity contribution in [1.82, 2.24) is 0 Å². The smallest absolute Gasteiger partial charge is 0.337 e. The normalized spacial score (nSPS) is 11.0. The Morgan fingerprint density at radius 2 is 1.86 bits per heavy atom. The Kier molecular flexibility index (Phi) is 4.87. The predicted molar refractivity (Wildman–Crippen MR) is 85.1 cm³/mol. The average Bonchev–Trinajstić information content (AvgIpc) is 2.47. The van der Waals surface area contributed by atoms with Crippen molar-refractivity contribution in [3.8, 4) is 11.5 Å².